The first-order valence-electron chi connectivity index (χ1n) is 8.90. The number of nitrogens with two attached hydrogens (primary N) is 1. The number of alkyl halides is 3. The van der Waals surface area contributed by atoms with Gasteiger partial charge in [-0.1, -0.05) is 6.07 Å². The van der Waals surface area contributed by atoms with Crippen LogP contribution in [0, 0.1) is 0 Å². The SMILES string of the molecule is CN=C(C=CN)c1cc(NC(=O)c2cccc(C(F)(F)F)c2)ccc1OCCOC. The molecule has 0 aliphatic carbocycles. The number of carbonyl (C=O) groups is 1. The summed E-state index contributed by atoms with van der Waals surface area (Å²) in [7, 11) is 3.12. The van der Waals surface area contributed by atoms with Crippen molar-refractivity contribution in [1.82, 2.24) is 0 Å². The fourth-order valence-corrected chi connectivity index (χ4v) is 2.58. The van der Waals surface area contributed by atoms with Crippen LogP contribution in [0.2, 0.25) is 0 Å². The van der Waals surface area contributed by atoms with Gasteiger partial charge in [-0.2, -0.15) is 13.2 Å². The summed E-state index contributed by atoms with van der Waals surface area (Å²) in [6, 6.07) is 9.02. The normalized spacial score (nSPS) is 12.2. The van der Waals surface area contributed by atoms with Gasteiger partial charge in [0.25, 0.3) is 5.91 Å². The number of allylic oxidation sites excluding steroid dienone is 1. The van der Waals surface area contributed by atoms with Crippen molar-refractivity contribution in [3.05, 3.63) is 71.4 Å². The van der Waals surface area contributed by atoms with Crippen molar-refractivity contribution < 1.29 is 27.4 Å². The molecule has 9 heteroatoms. The number of halogens is 3. The largest absolute Gasteiger partial charge is 0.490 e. The quantitative estimate of drug-likeness (QED) is 0.500. The second-order valence-corrected chi connectivity index (χ2v) is 6.05. The minimum Gasteiger partial charge on any atom is -0.490 e. The minimum absolute atomic E-state index is 0.113. The summed E-state index contributed by atoms with van der Waals surface area (Å²) in [4.78, 5) is 16.6. The molecule has 2 aromatic carbocycles. The standard InChI is InChI=1S/C21H22F3N3O3/c1-26-18(8-9-25)17-13-16(6-7-19(17)30-11-10-29-2)27-20(28)14-4-3-5-15(12-14)21(22,23)24/h3-9,12-13H,10-11,25H2,1-2H3,(H,27,28). The molecule has 0 unspecified atom stereocenters. The first-order valence-corrected chi connectivity index (χ1v) is 8.90. The molecule has 6 nitrogen and oxygen atoms in total. The smallest absolute Gasteiger partial charge is 0.416 e. The number of anilines is 1. The van der Waals surface area contributed by atoms with Crippen LogP contribution in [0.15, 0.2) is 59.7 Å². The molecule has 2 rings (SSSR count). The van der Waals surface area contributed by atoms with Gasteiger partial charge in [-0.3, -0.25) is 9.79 Å². The van der Waals surface area contributed by atoms with E-state index >= 15 is 0 Å². The molecule has 30 heavy (non-hydrogen) atoms. The molecular formula is C21H22F3N3O3. The van der Waals surface area contributed by atoms with Crippen molar-refractivity contribution in [2.24, 2.45) is 10.7 Å². The molecule has 0 spiro atoms. The van der Waals surface area contributed by atoms with Crippen molar-refractivity contribution in [2.45, 2.75) is 6.18 Å². The molecule has 1 amide bonds. The topological polar surface area (TPSA) is 85.9 Å². The Morgan fingerprint density at radius 3 is 2.60 bits per heavy atom. The Bertz CT molecular complexity index is 941. The molecule has 0 aliphatic rings. The fraction of sp³-hybridized carbons (Fsp3) is 0.238. The second-order valence-electron chi connectivity index (χ2n) is 6.05. The zero-order valence-corrected chi connectivity index (χ0v) is 16.5. The second kappa shape index (κ2) is 10.4. The van der Waals surface area contributed by atoms with Crippen molar-refractivity contribution in [2.75, 3.05) is 32.7 Å². The molecule has 0 bridgehead atoms. The summed E-state index contributed by atoms with van der Waals surface area (Å²) in [5, 5.41) is 2.60. The predicted molar refractivity (Wildman–Crippen MR) is 109 cm³/mol. The molecule has 0 saturated carbocycles. The van der Waals surface area contributed by atoms with Crippen LogP contribution in [0.25, 0.3) is 0 Å². The van der Waals surface area contributed by atoms with Crippen LogP contribution < -0.4 is 15.8 Å². The average Bonchev–Trinajstić information content (AvgIpc) is 2.72. The van der Waals surface area contributed by atoms with E-state index in [4.69, 9.17) is 15.2 Å². The van der Waals surface area contributed by atoms with E-state index in [-0.39, 0.29) is 5.56 Å². The van der Waals surface area contributed by atoms with Crippen LogP contribution in [0.3, 0.4) is 0 Å². The lowest BCUT2D eigenvalue weighted by Crippen LogP contribution is -2.15. The maximum atomic E-state index is 12.9. The van der Waals surface area contributed by atoms with Crippen LogP contribution >= 0.6 is 0 Å². The number of amides is 1. The van der Waals surface area contributed by atoms with Crippen molar-refractivity contribution in [3.8, 4) is 5.75 Å². The third-order valence-electron chi connectivity index (χ3n) is 4.01. The molecule has 0 atom stereocenters. The van der Waals surface area contributed by atoms with Gasteiger partial charge in [-0.25, -0.2) is 0 Å². The van der Waals surface area contributed by atoms with Crippen LogP contribution in [0.1, 0.15) is 21.5 Å². The lowest BCUT2D eigenvalue weighted by molar-refractivity contribution is -0.137. The number of carbonyl (C=O) groups excluding carboxylic acids is 1. The van der Waals surface area contributed by atoms with Gasteiger partial charge in [0.15, 0.2) is 0 Å². The van der Waals surface area contributed by atoms with Crippen LogP contribution in [0.4, 0.5) is 18.9 Å². The van der Waals surface area contributed by atoms with Gasteiger partial charge < -0.3 is 20.5 Å². The molecule has 160 valence electrons. The minimum atomic E-state index is -4.54. The Hall–Kier alpha value is -3.33. The van der Waals surface area contributed by atoms with E-state index in [0.29, 0.717) is 35.9 Å². The molecular weight excluding hydrogens is 399 g/mol. The zero-order chi connectivity index (χ0) is 22.1. The number of ether oxygens (including phenoxy) is 2. The molecule has 0 radical (unpaired) electrons. The summed E-state index contributed by atoms with van der Waals surface area (Å²) in [6.07, 6.45) is -1.65. The first kappa shape index (κ1) is 23.0. The molecule has 0 fully saturated rings. The Labute approximate surface area is 172 Å². The van der Waals surface area contributed by atoms with Gasteiger partial charge in [0.05, 0.1) is 17.9 Å². The van der Waals surface area contributed by atoms with E-state index in [0.717, 1.165) is 12.1 Å². The van der Waals surface area contributed by atoms with E-state index in [9.17, 15) is 18.0 Å². The van der Waals surface area contributed by atoms with Crippen LogP contribution in [-0.2, 0) is 10.9 Å². The Kier molecular flexibility index (Phi) is 7.99. The molecule has 0 aromatic heterocycles. The number of methoxy groups -OCH3 is 1. The third-order valence-corrected chi connectivity index (χ3v) is 4.01. The number of hydrogen-bond acceptors (Lipinski definition) is 5. The average molecular weight is 421 g/mol. The zero-order valence-electron chi connectivity index (χ0n) is 16.5. The van der Waals surface area contributed by atoms with Crippen LogP contribution in [0.5, 0.6) is 5.75 Å². The van der Waals surface area contributed by atoms with Crippen molar-refractivity contribution >= 4 is 17.3 Å². The molecule has 0 aliphatic heterocycles. The summed E-state index contributed by atoms with van der Waals surface area (Å²) in [5.41, 5.74) is 5.88. The Morgan fingerprint density at radius 1 is 1.20 bits per heavy atom. The third kappa shape index (κ3) is 6.08. The highest BCUT2D eigenvalue weighted by molar-refractivity contribution is 6.12. The lowest BCUT2D eigenvalue weighted by atomic mass is 10.1. The van der Waals surface area contributed by atoms with E-state index in [1.165, 1.54) is 18.3 Å². The van der Waals surface area contributed by atoms with Crippen molar-refractivity contribution in [3.63, 3.8) is 0 Å². The maximum absolute atomic E-state index is 12.9. The van der Waals surface area contributed by atoms with Crippen molar-refractivity contribution in [1.29, 1.82) is 0 Å². The number of hydrogen-bond donors (Lipinski definition) is 2. The van der Waals surface area contributed by atoms with Crippen LogP contribution in [-0.4, -0.2) is 39.0 Å². The van der Waals surface area contributed by atoms with E-state index < -0.39 is 17.6 Å². The number of nitrogens with one attached hydrogen (secondary N) is 1. The summed E-state index contributed by atoms with van der Waals surface area (Å²) in [5.74, 6) is -0.188. The van der Waals surface area contributed by atoms with Gasteiger partial charge in [0.2, 0.25) is 0 Å². The summed E-state index contributed by atoms with van der Waals surface area (Å²) >= 11 is 0. The number of nitrogens with zero attached hydrogens (tertiary/aromatic N) is 1. The lowest BCUT2D eigenvalue weighted by Gasteiger charge is -2.14. The number of rotatable bonds is 8. The monoisotopic (exact) mass is 421 g/mol. The fourth-order valence-electron chi connectivity index (χ4n) is 2.58. The predicted octanol–water partition coefficient (Wildman–Crippen LogP) is 3.87. The maximum Gasteiger partial charge on any atom is 0.416 e. The molecule has 3 N–H and O–H groups in total. The van der Waals surface area contributed by atoms with Gasteiger partial charge >= 0.3 is 6.18 Å². The summed E-state index contributed by atoms with van der Waals surface area (Å²) < 4.78 is 49.4. The van der Waals surface area contributed by atoms with Gasteiger partial charge in [0, 0.05) is 31.0 Å². The van der Waals surface area contributed by atoms with Gasteiger partial charge in [-0.05, 0) is 48.7 Å². The summed E-state index contributed by atoms with van der Waals surface area (Å²) in [6.45, 7) is 0.668. The molecule has 0 heterocycles. The highest BCUT2D eigenvalue weighted by atomic mass is 19.4. The first-order chi connectivity index (χ1) is 14.3. The van der Waals surface area contributed by atoms with E-state index in [1.807, 2.05) is 0 Å². The van der Waals surface area contributed by atoms with Gasteiger partial charge in [-0.15, -0.1) is 0 Å². The Morgan fingerprint density at radius 2 is 1.97 bits per heavy atom. The number of aliphatic imine (C=N–C) groups is 1. The van der Waals surface area contributed by atoms with E-state index in [1.54, 1.807) is 38.4 Å². The number of benzene rings is 2. The highest BCUT2D eigenvalue weighted by Gasteiger charge is 2.30. The van der Waals surface area contributed by atoms with Gasteiger partial charge in [0.1, 0.15) is 12.4 Å². The Balaban J connectivity index is 2.32. The molecule has 0 saturated heterocycles. The molecule has 2 aromatic rings. The van der Waals surface area contributed by atoms with E-state index in [2.05, 4.69) is 10.3 Å². The highest BCUT2D eigenvalue weighted by Crippen LogP contribution is 2.30.